The molecular formula is C29H39FN2O6. The fourth-order valence-electron chi connectivity index (χ4n) is 4.40. The summed E-state index contributed by atoms with van der Waals surface area (Å²) < 4.78 is 29.9. The van der Waals surface area contributed by atoms with E-state index >= 15 is 0 Å². The van der Waals surface area contributed by atoms with Gasteiger partial charge < -0.3 is 29.5 Å². The smallest absolute Gasteiger partial charge is 0.333 e. The van der Waals surface area contributed by atoms with Gasteiger partial charge in [0, 0.05) is 25.6 Å². The van der Waals surface area contributed by atoms with E-state index in [2.05, 4.69) is 5.32 Å². The third kappa shape index (κ3) is 10.2. The lowest BCUT2D eigenvalue weighted by atomic mass is 10.1. The first-order chi connectivity index (χ1) is 18.4. The summed E-state index contributed by atoms with van der Waals surface area (Å²) in [7, 11) is 0. The Morgan fingerprint density at radius 1 is 0.974 bits per heavy atom. The van der Waals surface area contributed by atoms with Crippen LogP contribution in [0.2, 0.25) is 0 Å². The number of carboxylic acid groups (broad SMARTS) is 1. The first-order valence-electron chi connectivity index (χ1n) is 13.4. The number of carbonyl (C=O) groups is 2. The van der Waals surface area contributed by atoms with Crippen LogP contribution < -0.4 is 14.8 Å². The molecule has 0 heterocycles. The summed E-state index contributed by atoms with van der Waals surface area (Å²) in [6.07, 6.45) is 5.23. The van der Waals surface area contributed by atoms with Crippen LogP contribution in [-0.4, -0.2) is 67.1 Å². The quantitative estimate of drug-likeness (QED) is 0.295. The van der Waals surface area contributed by atoms with Crippen molar-refractivity contribution in [1.29, 1.82) is 0 Å². The molecule has 0 bridgehead atoms. The number of halogens is 1. The Bertz CT molecular complexity index is 980. The molecule has 208 valence electrons. The predicted molar refractivity (Wildman–Crippen MR) is 142 cm³/mol. The molecule has 3 rings (SSSR count). The average Bonchev–Trinajstić information content (AvgIpc) is 3.42. The molecule has 0 spiro atoms. The lowest BCUT2D eigenvalue weighted by molar-refractivity contribution is -0.149. The second-order valence-corrected chi connectivity index (χ2v) is 9.41. The first-order valence-corrected chi connectivity index (χ1v) is 13.4. The van der Waals surface area contributed by atoms with Crippen LogP contribution in [0.3, 0.4) is 0 Å². The minimum Gasteiger partial charge on any atom is -0.494 e. The van der Waals surface area contributed by atoms with Crippen molar-refractivity contribution in [1.82, 2.24) is 10.2 Å². The SMILES string of the molecule is CCOC(Cc1ccc(OCCN(CCCCOc2ccc(F)cc2)C(=O)NC2CCCC2)cc1)C(=O)O. The van der Waals surface area contributed by atoms with E-state index in [-0.39, 0.29) is 24.3 Å². The standard InChI is InChI=1S/C29H39FN2O6/c1-2-36-27(28(33)34)21-22-9-13-25(14-10-22)38-20-18-32(29(35)31-24-7-3-4-8-24)17-5-6-19-37-26-15-11-23(30)12-16-26/h9-16,24,27H,2-8,17-21H2,1H3,(H,31,35)(H,33,34). The summed E-state index contributed by atoms with van der Waals surface area (Å²) in [5.41, 5.74) is 0.846. The molecule has 0 aliphatic heterocycles. The number of aliphatic carboxylic acids is 1. The van der Waals surface area contributed by atoms with Crippen LogP contribution in [0.25, 0.3) is 0 Å². The van der Waals surface area contributed by atoms with Crippen molar-refractivity contribution in [3.05, 3.63) is 59.9 Å². The maximum atomic E-state index is 13.0. The fourth-order valence-corrected chi connectivity index (χ4v) is 4.40. The molecule has 8 nitrogen and oxygen atoms in total. The van der Waals surface area contributed by atoms with Crippen molar-refractivity contribution in [2.75, 3.05) is 32.9 Å². The minimum atomic E-state index is -0.981. The Hall–Kier alpha value is -3.33. The van der Waals surface area contributed by atoms with Crippen LogP contribution in [-0.2, 0) is 16.0 Å². The second-order valence-electron chi connectivity index (χ2n) is 9.41. The van der Waals surface area contributed by atoms with Gasteiger partial charge in [0.2, 0.25) is 0 Å². The zero-order valence-electron chi connectivity index (χ0n) is 22.1. The van der Waals surface area contributed by atoms with Gasteiger partial charge in [-0.3, -0.25) is 0 Å². The molecule has 1 unspecified atom stereocenters. The van der Waals surface area contributed by atoms with Crippen LogP contribution in [0.5, 0.6) is 11.5 Å². The number of benzene rings is 2. The van der Waals surface area contributed by atoms with Crippen LogP contribution in [0.15, 0.2) is 48.5 Å². The van der Waals surface area contributed by atoms with E-state index in [0.29, 0.717) is 44.4 Å². The molecule has 1 fully saturated rings. The number of hydrogen-bond acceptors (Lipinski definition) is 5. The molecule has 1 atom stereocenters. The lowest BCUT2D eigenvalue weighted by Crippen LogP contribution is -2.46. The summed E-state index contributed by atoms with van der Waals surface area (Å²) >= 11 is 0. The molecule has 1 aliphatic rings. The van der Waals surface area contributed by atoms with Crippen molar-refractivity contribution in [2.45, 2.75) is 64.0 Å². The van der Waals surface area contributed by atoms with E-state index in [1.807, 2.05) is 12.1 Å². The van der Waals surface area contributed by atoms with Gasteiger partial charge in [0.25, 0.3) is 0 Å². The van der Waals surface area contributed by atoms with E-state index in [1.54, 1.807) is 36.1 Å². The maximum absolute atomic E-state index is 13.0. The highest BCUT2D eigenvalue weighted by Gasteiger charge is 2.21. The van der Waals surface area contributed by atoms with E-state index in [1.165, 1.54) is 12.1 Å². The molecule has 38 heavy (non-hydrogen) atoms. The van der Waals surface area contributed by atoms with E-state index in [0.717, 1.165) is 44.1 Å². The van der Waals surface area contributed by atoms with Crippen molar-refractivity contribution >= 4 is 12.0 Å². The van der Waals surface area contributed by atoms with Crippen molar-refractivity contribution in [3.63, 3.8) is 0 Å². The highest BCUT2D eigenvalue weighted by Crippen LogP contribution is 2.18. The Morgan fingerprint density at radius 3 is 2.24 bits per heavy atom. The Balaban J connectivity index is 1.45. The number of nitrogens with one attached hydrogen (secondary N) is 1. The molecule has 0 saturated heterocycles. The summed E-state index contributed by atoms with van der Waals surface area (Å²) in [6, 6.07) is 13.3. The number of urea groups is 1. The lowest BCUT2D eigenvalue weighted by Gasteiger charge is -2.25. The Kier molecular flexibility index (Phi) is 12.2. The second kappa shape index (κ2) is 15.8. The molecule has 1 aliphatic carbocycles. The molecule has 2 aromatic carbocycles. The van der Waals surface area contributed by atoms with Gasteiger partial charge in [0.05, 0.1) is 13.2 Å². The molecule has 2 N–H and O–H groups in total. The van der Waals surface area contributed by atoms with Gasteiger partial charge in [-0.2, -0.15) is 0 Å². The van der Waals surface area contributed by atoms with Crippen molar-refractivity contribution in [3.8, 4) is 11.5 Å². The Morgan fingerprint density at radius 2 is 1.61 bits per heavy atom. The number of rotatable bonds is 16. The molecule has 1 saturated carbocycles. The van der Waals surface area contributed by atoms with Crippen LogP contribution in [0.4, 0.5) is 9.18 Å². The molecule has 0 aromatic heterocycles. The Labute approximate surface area is 224 Å². The normalized spacial score (nSPS) is 14.2. The summed E-state index contributed by atoms with van der Waals surface area (Å²) in [5.74, 6) is -0.00287. The topological polar surface area (TPSA) is 97.3 Å². The molecule has 2 amide bonds. The molecule has 9 heteroatoms. The number of carbonyl (C=O) groups excluding carboxylic acids is 1. The summed E-state index contributed by atoms with van der Waals surface area (Å²) in [6.45, 7) is 3.93. The monoisotopic (exact) mass is 530 g/mol. The van der Waals surface area contributed by atoms with Gasteiger partial charge in [0.1, 0.15) is 23.9 Å². The highest BCUT2D eigenvalue weighted by molar-refractivity contribution is 5.74. The highest BCUT2D eigenvalue weighted by atomic mass is 19.1. The van der Waals surface area contributed by atoms with Crippen molar-refractivity contribution in [2.24, 2.45) is 0 Å². The van der Waals surface area contributed by atoms with Crippen LogP contribution >= 0.6 is 0 Å². The maximum Gasteiger partial charge on any atom is 0.333 e. The van der Waals surface area contributed by atoms with Crippen molar-refractivity contribution < 1.29 is 33.3 Å². The average molecular weight is 531 g/mol. The third-order valence-corrected chi connectivity index (χ3v) is 6.49. The fraction of sp³-hybridized carbons (Fsp3) is 0.517. The summed E-state index contributed by atoms with van der Waals surface area (Å²) in [5, 5.41) is 12.4. The van der Waals surface area contributed by atoms with E-state index in [4.69, 9.17) is 14.2 Å². The number of hydrogen-bond donors (Lipinski definition) is 2. The van der Waals surface area contributed by atoms with E-state index in [9.17, 15) is 19.1 Å². The number of unbranched alkanes of at least 4 members (excludes halogenated alkanes) is 1. The van der Waals surface area contributed by atoms with Gasteiger partial charge in [-0.25, -0.2) is 14.0 Å². The number of nitrogens with zero attached hydrogens (tertiary/aromatic N) is 1. The van der Waals surface area contributed by atoms with Crippen LogP contribution in [0, 0.1) is 5.82 Å². The first kappa shape index (κ1) is 29.2. The number of carboxylic acids is 1. The number of ether oxygens (including phenoxy) is 3. The van der Waals surface area contributed by atoms with Gasteiger partial charge in [-0.15, -0.1) is 0 Å². The molecular weight excluding hydrogens is 491 g/mol. The van der Waals surface area contributed by atoms with Gasteiger partial charge in [0.15, 0.2) is 6.10 Å². The van der Waals surface area contributed by atoms with Gasteiger partial charge in [-0.05, 0) is 74.6 Å². The number of amides is 2. The zero-order chi connectivity index (χ0) is 27.2. The van der Waals surface area contributed by atoms with E-state index < -0.39 is 12.1 Å². The van der Waals surface area contributed by atoms with Gasteiger partial charge >= 0.3 is 12.0 Å². The third-order valence-electron chi connectivity index (χ3n) is 6.49. The molecule has 2 aromatic rings. The minimum absolute atomic E-state index is 0.0778. The largest absolute Gasteiger partial charge is 0.494 e. The summed E-state index contributed by atoms with van der Waals surface area (Å²) in [4.78, 5) is 26.0. The molecule has 0 radical (unpaired) electrons. The predicted octanol–water partition coefficient (Wildman–Crippen LogP) is 5.05. The zero-order valence-corrected chi connectivity index (χ0v) is 22.1. The van der Waals surface area contributed by atoms with Crippen LogP contribution in [0.1, 0.15) is 51.0 Å². The van der Waals surface area contributed by atoms with Gasteiger partial charge in [-0.1, -0.05) is 25.0 Å².